The lowest BCUT2D eigenvalue weighted by Crippen LogP contribution is -2.03. The fraction of sp³-hybridized carbons (Fsp3) is 0.143. The number of nitrogens with one attached hydrogen (secondary N) is 1. The van der Waals surface area contributed by atoms with Gasteiger partial charge in [0.05, 0.1) is 0 Å². The van der Waals surface area contributed by atoms with Gasteiger partial charge >= 0.3 is 0 Å². The molecule has 4 heteroatoms. The second kappa shape index (κ2) is 5.48. The van der Waals surface area contributed by atoms with Gasteiger partial charge in [0, 0.05) is 28.3 Å². The van der Waals surface area contributed by atoms with Crippen LogP contribution >= 0.6 is 15.9 Å². The number of hydrogen-bond donors (Lipinski definition) is 1. The van der Waals surface area contributed by atoms with Gasteiger partial charge in [-0.1, -0.05) is 12.1 Å². The normalized spacial score (nSPS) is 10.4. The van der Waals surface area contributed by atoms with Crippen molar-refractivity contribution in [2.75, 3.05) is 5.32 Å². The van der Waals surface area contributed by atoms with Gasteiger partial charge in [0.15, 0.2) is 0 Å². The third-order valence-electron chi connectivity index (χ3n) is 2.61. The van der Waals surface area contributed by atoms with Crippen LogP contribution in [0.25, 0.3) is 0 Å². The lowest BCUT2D eigenvalue weighted by atomic mass is 10.2. The first-order valence-corrected chi connectivity index (χ1v) is 6.29. The third kappa shape index (κ3) is 3.07. The third-order valence-corrected chi connectivity index (χ3v) is 3.30. The van der Waals surface area contributed by atoms with Gasteiger partial charge in [0.25, 0.3) is 0 Å². The Morgan fingerprint density at radius 3 is 2.61 bits per heavy atom. The monoisotopic (exact) mass is 311 g/mol. The van der Waals surface area contributed by atoms with Gasteiger partial charge < -0.3 is 5.32 Å². The van der Waals surface area contributed by atoms with E-state index < -0.39 is 11.6 Å². The van der Waals surface area contributed by atoms with Gasteiger partial charge in [-0.3, -0.25) is 0 Å². The zero-order chi connectivity index (χ0) is 13.1. The smallest absolute Gasteiger partial charge is 0.131 e. The van der Waals surface area contributed by atoms with Crippen LogP contribution in [0.4, 0.5) is 14.5 Å². The molecule has 18 heavy (non-hydrogen) atoms. The lowest BCUT2D eigenvalue weighted by Gasteiger charge is -2.10. The maximum atomic E-state index is 13.4. The van der Waals surface area contributed by atoms with Crippen molar-refractivity contribution in [3.8, 4) is 0 Å². The van der Waals surface area contributed by atoms with Crippen LogP contribution < -0.4 is 5.32 Å². The Balaban J connectivity index is 2.13. The zero-order valence-electron chi connectivity index (χ0n) is 9.81. The average Bonchev–Trinajstić information content (AvgIpc) is 2.32. The predicted octanol–water partition coefficient (Wildman–Crippen LogP) is 4.65. The molecule has 0 heterocycles. The standard InChI is InChI=1S/C14H12BrF2N/c1-9-2-5-12(15)14(6-9)18-8-10-3-4-11(16)7-13(10)17/h2-7,18H,8H2,1H3. The topological polar surface area (TPSA) is 12.0 Å². The molecule has 0 radical (unpaired) electrons. The van der Waals surface area contributed by atoms with Gasteiger partial charge in [-0.15, -0.1) is 0 Å². The van der Waals surface area contributed by atoms with E-state index in [0.29, 0.717) is 12.1 Å². The van der Waals surface area contributed by atoms with Crippen molar-refractivity contribution in [2.45, 2.75) is 13.5 Å². The molecule has 0 bridgehead atoms. The second-order valence-corrected chi connectivity index (χ2v) is 4.93. The number of halogens is 3. The second-order valence-electron chi connectivity index (χ2n) is 4.07. The quantitative estimate of drug-likeness (QED) is 0.870. The van der Waals surface area contributed by atoms with E-state index in [2.05, 4.69) is 21.2 Å². The van der Waals surface area contributed by atoms with Crippen LogP contribution in [-0.2, 0) is 6.54 Å². The lowest BCUT2D eigenvalue weighted by molar-refractivity contribution is 0.574. The summed E-state index contributed by atoms with van der Waals surface area (Å²) in [7, 11) is 0. The summed E-state index contributed by atoms with van der Waals surface area (Å²) in [5.41, 5.74) is 2.43. The Morgan fingerprint density at radius 1 is 1.11 bits per heavy atom. The molecule has 0 atom stereocenters. The Morgan fingerprint density at radius 2 is 1.89 bits per heavy atom. The highest BCUT2D eigenvalue weighted by atomic mass is 79.9. The summed E-state index contributed by atoms with van der Waals surface area (Å²) in [6, 6.07) is 9.47. The van der Waals surface area contributed by atoms with E-state index in [-0.39, 0.29) is 0 Å². The van der Waals surface area contributed by atoms with Crippen molar-refractivity contribution in [2.24, 2.45) is 0 Å². The molecule has 0 unspecified atom stereocenters. The first kappa shape index (κ1) is 13.0. The largest absolute Gasteiger partial charge is 0.380 e. The molecule has 1 N–H and O–H groups in total. The molecule has 2 aromatic carbocycles. The summed E-state index contributed by atoms with van der Waals surface area (Å²) in [4.78, 5) is 0. The van der Waals surface area contributed by atoms with Gasteiger partial charge in [0.2, 0.25) is 0 Å². The minimum absolute atomic E-state index is 0.314. The van der Waals surface area contributed by atoms with E-state index in [0.717, 1.165) is 21.8 Å². The van der Waals surface area contributed by atoms with Crippen molar-refractivity contribution in [1.82, 2.24) is 0 Å². The van der Waals surface area contributed by atoms with Crippen molar-refractivity contribution in [3.63, 3.8) is 0 Å². The summed E-state index contributed by atoms with van der Waals surface area (Å²) in [6.45, 7) is 2.30. The summed E-state index contributed by atoms with van der Waals surface area (Å²) < 4.78 is 27.1. The van der Waals surface area contributed by atoms with Crippen LogP contribution in [0.15, 0.2) is 40.9 Å². The highest BCUT2D eigenvalue weighted by Gasteiger charge is 2.05. The highest BCUT2D eigenvalue weighted by molar-refractivity contribution is 9.10. The molecular formula is C14H12BrF2N. The SMILES string of the molecule is Cc1ccc(Br)c(NCc2ccc(F)cc2F)c1. The van der Waals surface area contributed by atoms with E-state index in [9.17, 15) is 8.78 Å². The van der Waals surface area contributed by atoms with Crippen LogP contribution in [0.2, 0.25) is 0 Å². The van der Waals surface area contributed by atoms with Crippen molar-refractivity contribution < 1.29 is 8.78 Å². The summed E-state index contributed by atoms with van der Waals surface area (Å²) in [6.07, 6.45) is 0. The average molecular weight is 312 g/mol. The molecule has 94 valence electrons. The molecule has 0 aliphatic rings. The maximum absolute atomic E-state index is 13.4. The van der Waals surface area contributed by atoms with Gasteiger partial charge in [-0.25, -0.2) is 8.78 Å². The molecule has 0 fully saturated rings. The summed E-state index contributed by atoms with van der Waals surface area (Å²) in [5.74, 6) is -1.10. The van der Waals surface area contributed by atoms with E-state index in [4.69, 9.17) is 0 Å². The molecule has 0 aliphatic heterocycles. The van der Waals surface area contributed by atoms with Crippen molar-refractivity contribution >= 4 is 21.6 Å². The first-order valence-electron chi connectivity index (χ1n) is 5.50. The number of anilines is 1. The Hall–Kier alpha value is -1.42. The van der Waals surface area contributed by atoms with Crippen LogP contribution in [0.1, 0.15) is 11.1 Å². The van der Waals surface area contributed by atoms with Gasteiger partial charge in [-0.2, -0.15) is 0 Å². The molecule has 0 amide bonds. The number of hydrogen-bond acceptors (Lipinski definition) is 1. The Kier molecular flexibility index (Phi) is 3.97. The van der Waals surface area contributed by atoms with Crippen molar-refractivity contribution in [3.05, 3.63) is 63.6 Å². The molecule has 0 saturated carbocycles. The van der Waals surface area contributed by atoms with E-state index in [1.54, 1.807) is 0 Å². The van der Waals surface area contributed by atoms with Gasteiger partial charge in [-0.05, 0) is 46.6 Å². The fourth-order valence-corrected chi connectivity index (χ4v) is 2.02. The number of rotatable bonds is 3. The minimum Gasteiger partial charge on any atom is -0.380 e. The molecule has 2 rings (SSSR count). The van der Waals surface area contributed by atoms with Crippen LogP contribution in [0.3, 0.4) is 0 Å². The maximum Gasteiger partial charge on any atom is 0.131 e. The molecule has 0 aromatic heterocycles. The highest BCUT2D eigenvalue weighted by Crippen LogP contribution is 2.24. The van der Waals surface area contributed by atoms with Crippen molar-refractivity contribution in [1.29, 1.82) is 0 Å². The van der Waals surface area contributed by atoms with E-state index in [1.165, 1.54) is 12.1 Å². The van der Waals surface area contributed by atoms with Gasteiger partial charge in [0.1, 0.15) is 11.6 Å². The fourth-order valence-electron chi connectivity index (χ4n) is 1.63. The van der Waals surface area contributed by atoms with Crippen LogP contribution in [0.5, 0.6) is 0 Å². The summed E-state index contributed by atoms with van der Waals surface area (Å²) in [5, 5.41) is 3.12. The molecule has 1 nitrogen and oxygen atoms in total. The molecule has 0 saturated heterocycles. The molecule has 2 aromatic rings. The number of aryl methyl sites for hydroxylation is 1. The molecule has 0 aliphatic carbocycles. The van der Waals surface area contributed by atoms with Crippen LogP contribution in [-0.4, -0.2) is 0 Å². The molecular weight excluding hydrogens is 300 g/mol. The van der Waals surface area contributed by atoms with Crippen LogP contribution in [0, 0.1) is 18.6 Å². The number of benzene rings is 2. The zero-order valence-corrected chi connectivity index (χ0v) is 11.4. The Labute approximate surface area is 113 Å². The summed E-state index contributed by atoms with van der Waals surface area (Å²) >= 11 is 3.42. The Bertz CT molecular complexity index is 570. The minimum atomic E-state index is -0.562. The first-order chi connectivity index (χ1) is 8.56. The van der Waals surface area contributed by atoms with E-state index >= 15 is 0 Å². The van der Waals surface area contributed by atoms with E-state index in [1.807, 2.05) is 25.1 Å². The molecule has 0 spiro atoms. The predicted molar refractivity (Wildman–Crippen MR) is 72.6 cm³/mol.